The highest BCUT2D eigenvalue weighted by Crippen LogP contribution is 2.43. The first-order valence-electron chi connectivity index (χ1n) is 13.3. The molecular formula is C29H38Cl3N5O2. The molecular weight excluding hydrogens is 557 g/mol. The van der Waals surface area contributed by atoms with Crippen LogP contribution in [0.25, 0.3) is 0 Å². The molecule has 2 N–H and O–H groups in total. The van der Waals surface area contributed by atoms with Gasteiger partial charge in [0, 0.05) is 49.2 Å². The van der Waals surface area contributed by atoms with Crippen LogP contribution in [-0.4, -0.2) is 65.3 Å². The second-order valence-electron chi connectivity index (χ2n) is 10.8. The van der Waals surface area contributed by atoms with Crippen LogP contribution in [0.15, 0.2) is 65.5 Å². The third-order valence-corrected chi connectivity index (χ3v) is 8.84. The summed E-state index contributed by atoms with van der Waals surface area (Å²) in [4.78, 5) is 31.2. The molecule has 39 heavy (non-hydrogen) atoms. The quantitative estimate of drug-likeness (QED) is 0.559. The summed E-state index contributed by atoms with van der Waals surface area (Å²) >= 11 is 6.28. The number of nitrogens with zero attached hydrogens (tertiary/aromatic N) is 4. The Balaban J connectivity index is 0.00000210. The zero-order valence-electron chi connectivity index (χ0n) is 22.3. The fourth-order valence-electron chi connectivity index (χ4n) is 6.12. The summed E-state index contributed by atoms with van der Waals surface area (Å²) in [5.74, 6) is 0.0608. The number of carbonyl (C=O) groups is 1. The summed E-state index contributed by atoms with van der Waals surface area (Å²) in [6, 6.07) is 11.2. The molecule has 7 nitrogen and oxygen atoms in total. The minimum absolute atomic E-state index is 0. The Bertz CT molecular complexity index is 1260. The predicted molar refractivity (Wildman–Crippen MR) is 161 cm³/mol. The SMILES string of the molecule is CN1CCN(C(=O)C2(c3ccc(=O)n([C@H]4CC[C@](CN)(c5cccc(Cl)c5)CC4)n3)C=CC=CC2)CC1.Cl.Cl. The van der Waals surface area contributed by atoms with E-state index in [4.69, 9.17) is 22.4 Å². The number of hydrogen-bond acceptors (Lipinski definition) is 5. The topological polar surface area (TPSA) is 84.5 Å². The number of rotatable bonds is 5. The highest BCUT2D eigenvalue weighted by Gasteiger charge is 2.43. The molecule has 1 unspecified atom stereocenters. The molecule has 1 atom stereocenters. The second-order valence-corrected chi connectivity index (χ2v) is 11.2. The van der Waals surface area contributed by atoms with Crippen molar-refractivity contribution in [2.24, 2.45) is 5.73 Å². The van der Waals surface area contributed by atoms with Gasteiger partial charge in [-0.3, -0.25) is 9.59 Å². The van der Waals surface area contributed by atoms with Gasteiger partial charge >= 0.3 is 0 Å². The molecule has 1 aliphatic heterocycles. The Morgan fingerprint density at radius 1 is 1.08 bits per heavy atom. The van der Waals surface area contributed by atoms with Crippen molar-refractivity contribution < 1.29 is 4.79 Å². The molecule has 1 aromatic heterocycles. The van der Waals surface area contributed by atoms with Crippen molar-refractivity contribution >= 4 is 42.3 Å². The minimum Gasteiger partial charge on any atom is -0.339 e. The predicted octanol–water partition coefficient (Wildman–Crippen LogP) is 4.28. The van der Waals surface area contributed by atoms with Crippen LogP contribution in [0.1, 0.15) is 49.4 Å². The van der Waals surface area contributed by atoms with Gasteiger partial charge in [-0.15, -0.1) is 24.8 Å². The van der Waals surface area contributed by atoms with Crippen LogP contribution in [0.4, 0.5) is 0 Å². The summed E-state index contributed by atoms with van der Waals surface area (Å²) in [6.45, 7) is 3.63. The average molecular weight is 595 g/mol. The Labute approximate surface area is 247 Å². The number of carbonyl (C=O) groups excluding carboxylic acids is 1. The standard InChI is InChI=1S/C29H36ClN5O2.2ClH/c1-33-16-18-34(19-17-33)27(37)29(12-3-2-4-13-29)25-8-9-26(36)35(32-25)24-10-14-28(21-31,15-11-24)22-6-5-7-23(30)20-22;;/h2-9,12,20,24H,10-11,13-19,21,31H2,1H3;2*1H/t24-,28-,29?;;. The Morgan fingerprint density at radius 2 is 1.79 bits per heavy atom. The highest BCUT2D eigenvalue weighted by molar-refractivity contribution is 6.30. The molecule has 0 bridgehead atoms. The van der Waals surface area contributed by atoms with Gasteiger partial charge < -0.3 is 15.5 Å². The smallest absolute Gasteiger partial charge is 0.267 e. The van der Waals surface area contributed by atoms with Gasteiger partial charge in [-0.05, 0) is 62.9 Å². The van der Waals surface area contributed by atoms with Crippen molar-refractivity contribution in [3.05, 3.63) is 87.3 Å². The summed E-state index contributed by atoms with van der Waals surface area (Å²) in [6.07, 6.45) is 11.7. The van der Waals surface area contributed by atoms with E-state index >= 15 is 0 Å². The molecule has 1 saturated carbocycles. The van der Waals surface area contributed by atoms with E-state index in [2.05, 4.69) is 18.0 Å². The van der Waals surface area contributed by atoms with E-state index in [1.807, 2.05) is 47.4 Å². The lowest BCUT2D eigenvalue weighted by Crippen LogP contribution is -2.54. The number of likely N-dealkylation sites (N-methyl/N-ethyl adjacent to an activating group) is 1. The van der Waals surface area contributed by atoms with E-state index in [-0.39, 0.29) is 47.7 Å². The van der Waals surface area contributed by atoms with Crippen LogP contribution in [-0.2, 0) is 15.6 Å². The van der Waals surface area contributed by atoms with Gasteiger partial charge in [0.25, 0.3) is 5.56 Å². The van der Waals surface area contributed by atoms with Crippen molar-refractivity contribution in [2.45, 2.75) is 49.0 Å². The van der Waals surface area contributed by atoms with E-state index in [0.29, 0.717) is 36.8 Å². The first-order chi connectivity index (χ1) is 17.9. The lowest BCUT2D eigenvalue weighted by atomic mass is 9.68. The third-order valence-electron chi connectivity index (χ3n) is 8.61. The maximum Gasteiger partial charge on any atom is 0.267 e. The maximum atomic E-state index is 13.9. The fourth-order valence-corrected chi connectivity index (χ4v) is 6.31. The van der Waals surface area contributed by atoms with Gasteiger partial charge in [0.2, 0.25) is 5.91 Å². The third kappa shape index (κ3) is 6.13. The lowest BCUT2D eigenvalue weighted by molar-refractivity contribution is -0.137. The largest absolute Gasteiger partial charge is 0.339 e. The van der Waals surface area contributed by atoms with Crippen molar-refractivity contribution in [3.8, 4) is 0 Å². The van der Waals surface area contributed by atoms with Gasteiger partial charge in [-0.2, -0.15) is 5.10 Å². The number of allylic oxidation sites excluding steroid dienone is 3. The van der Waals surface area contributed by atoms with Gasteiger partial charge in [0.1, 0.15) is 5.41 Å². The maximum absolute atomic E-state index is 13.9. The molecule has 2 fully saturated rings. The van der Waals surface area contributed by atoms with Crippen LogP contribution in [0.2, 0.25) is 5.02 Å². The van der Waals surface area contributed by atoms with E-state index in [1.54, 1.807) is 16.8 Å². The average Bonchev–Trinajstić information content (AvgIpc) is 2.94. The molecule has 3 aliphatic rings. The summed E-state index contributed by atoms with van der Waals surface area (Å²) in [5.41, 5.74) is 6.92. The zero-order valence-corrected chi connectivity index (χ0v) is 24.7. The molecule has 212 valence electrons. The first-order valence-corrected chi connectivity index (χ1v) is 13.6. The van der Waals surface area contributed by atoms with Gasteiger partial charge in [0.05, 0.1) is 11.7 Å². The molecule has 5 rings (SSSR count). The van der Waals surface area contributed by atoms with E-state index in [1.165, 1.54) is 0 Å². The zero-order chi connectivity index (χ0) is 26.0. The van der Waals surface area contributed by atoms with Gasteiger partial charge in [-0.1, -0.05) is 48.0 Å². The number of aromatic nitrogens is 2. The van der Waals surface area contributed by atoms with Crippen molar-refractivity contribution in [3.63, 3.8) is 0 Å². The number of piperazine rings is 1. The second kappa shape index (κ2) is 13.0. The first kappa shape index (κ1) is 31.4. The molecule has 2 aromatic rings. The molecule has 0 spiro atoms. The summed E-state index contributed by atoms with van der Waals surface area (Å²) in [7, 11) is 2.08. The van der Waals surface area contributed by atoms with Crippen LogP contribution >= 0.6 is 36.4 Å². The Morgan fingerprint density at radius 3 is 2.41 bits per heavy atom. The molecule has 0 radical (unpaired) electrons. The lowest BCUT2D eigenvalue weighted by Gasteiger charge is -2.41. The van der Waals surface area contributed by atoms with Gasteiger partial charge in [0.15, 0.2) is 0 Å². The minimum atomic E-state index is -0.892. The van der Waals surface area contributed by atoms with E-state index in [9.17, 15) is 9.59 Å². The molecule has 1 amide bonds. The molecule has 2 heterocycles. The van der Waals surface area contributed by atoms with Crippen LogP contribution in [0.5, 0.6) is 0 Å². The molecule has 10 heteroatoms. The van der Waals surface area contributed by atoms with Crippen LogP contribution < -0.4 is 11.3 Å². The van der Waals surface area contributed by atoms with Crippen LogP contribution in [0.3, 0.4) is 0 Å². The summed E-state index contributed by atoms with van der Waals surface area (Å²) < 4.78 is 1.62. The molecule has 2 aliphatic carbocycles. The van der Waals surface area contributed by atoms with E-state index < -0.39 is 5.41 Å². The molecule has 1 saturated heterocycles. The fraction of sp³-hybridized carbons (Fsp3) is 0.483. The number of nitrogens with two attached hydrogens (primary N) is 1. The van der Waals surface area contributed by atoms with Crippen molar-refractivity contribution in [2.75, 3.05) is 39.8 Å². The summed E-state index contributed by atoms with van der Waals surface area (Å²) in [5, 5.41) is 5.60. The number of hydrogen-bond donors (Lipinski definition) is 1. The Hall–Kier alpha value is -2.16. The monoisotopic (exact) mass is 593 g/mol. The van der Waals surface area contributed by atoms with Crippen molar-refractivity contribution in [1.82, 2.24) is 19.6 Å². The highest BCUT2D eigenvalue weighted by atomic mass is 35.5. The number of halogens is 3. The van der Waals surface area contributed by atoms with Crippen molar-refractivity contribution in [1.29, 1.82) is 0 Å². The number of amides is 1. The number of benzene rings is 1. The normalized spacial score (nSPS) is 26.9. The van der Waals surface area contributed by atoms with Crippen LogP contribution in [0, 0.1) is 0 Å². The van der Waals surface area contributed by atoms with E-state index in [0.717, 1.165) is 44.3 Å². The molecule has 1 aromatic carbocycles. The Kier molecular flexibility index (Phi) is 10.5. The van der Waals surface area contributed by atoms with Gasteiger partial charge in [-0.25, -0.2) is 4.68 Å².